The van der Waals surface area contributed by atoms with Crippen LogP contribution in [-0.4, -0.2) is 32.5 Å². The SMILES string of the molecule is C[C@@H](CS(C)(=O)=O)c1c(/C(F)=C/C(c2cc(Cl)c(Cl)c(Cl)c2)C(F)(F)F)ccc(C(N)=O)c1C(F)(F)F. The molecule has 0 aliphatic heterocycles. The Morgan fingerprint density at radius 2 is 1.51 bits per heavy atom. The molecule has 0 aliphatic rings. The van der Waals surface area contributed by atoms with Crippen molar-refractivity contribution in [2.45, 2.75) is 31.1 Å². The highest BCUT2D eigenvalue weighted by Crippen LogP contribution is 2.45. The Balaban J connectivity index is 2.92. The van der Waals surface area contributed by atoms with Gasteiger partial charge in [-0.15, -0.1) is 0 Å². The third-order valence-corrected chi connectivity index (χ3v) is 7.43. The molecule has 2 atom stereocenters. The zero-order valence-corrected chi connectivity index (χ0v) is 21.8. The Morgan fingerprint density at radius 1 is 1.03 bits per heavy atom. The van der Waals surface area contributed by atoms with Crippen molar-refractivity contribution < 1.29 is 43.9 Å². The highest BCUT2D eigenvalue weighted by atomic mass is 35.5. The van der Waals surface area contributed by atoms with Crippen molar-refractivity contribution in [3.63, 3.8) is 0 Å². The van der Waals surface area contributed by atoms with E-state index >= 15 is 4.39 Å². The van der Waals surface area contributed by atoms with Crippen LogP contribution < -0.4 is 5.73 Å². The molecule has 2 rings (SSSR count). The Bertz CT molecular complexity index is 1330. The second kappa shape index (κ2) is 11.0. The summed E-state index contributed by atoms with van der Waals surface area (Å²) in [6.07, 6.45) is -9.82. The molecule has 0 saturated heterocycles. The van der Waals surface area contributed by atoms with Crippen molar-refractivity contribution >= 4 is 56.4 Å². The summed E-state index contributed by atoms with van der Waals surface area (Å²) in [4.78, 5) is 11.7. The van der Waals surface area contributed by atoms with Crippen LogP contribution >= 0.6 is 34.8 Å². The lowest BCUT2D eigenvalue weighted by atomic mass is 9.86. The van der Waals surface area contributed by atoms with Crippen molar-refractivity contribution in [1.82, 2.24) is 0 Å². The summed E-state index contributed by atoms with van der Waals surface area (Å²) < 4.78 is 123. The van der Waals surface area contributed by atoms with Gasteiger partial charge in [-0.2, -0.15) is 26.3 Å². The van der Waals surface area contributed by atoms with E-state index in [1.807, 2.05) is 0 Å². The first-order valence-corrected chi connectivity index (χ1v) is 13.1. The third kappa shape index (κ3) is 7.52. The fourth-order valence-corrected chi connectivity index (χ4v) is 5.45. The van der Waals surface area contributed by atoms with E-state index in [1.165, 1.54) is 0 Å². The number of primary amides is 1. The molecule has 2 aromatic rings. The summed E-state index contributed by atoms with van der Waals surface area (Å²) in [6.45, 7) is 0.993. The minimum atomic E-state index is -5.34. The fourth-order valence-electron chi connectivity index (χ4n) is 3.76. The van der Waals surface area contributed by atoms with E-state index in [2.05, 4.69) is 0 Å². The Morgan fingerprint density at radius 3 is 1.92 bits per heavy atom. The summed E-state index contributed by atoms with van der Waals surface area (Å²) in [5.74, 6) is -8.63. The van der Waals surface area contributed by atoms with Gasteiger partial charge in [0.2, 0.25) is 5.91 Å². The van der Waals surface area contributed by atoms with Crippen LogP contribution in [0.2, 0.25) is 15.1 Å². The topological polar surface area (TPSA) is 77.2 Å². The van der Waals surface area contributed by atoms with Crippen LogP contribution in [0, 0.1) is 0 Å². The van der Waals surface area contributed by atoms with E-state index in [0.29, 0.717) is 18.4 Å². The number of carbonyl (C=O) groups is 1. The maximum absolute atomic E-state index is 15.5. The van der Waals surface area contributed by atoms with Crippen LogP contribution in [0.1, 0.15) is 51.4 Å². The molecule has 2 N–H and O–H groups in total. The Labute approximate surface area is 222 Å². The van der Waals surface area contributed by atoms with Gasteiger partial charge in [-0.3, -0.25) is 4.79 Å². The maximum atomic E-state index is 15.5. The number of nitrogens with two attached hydrogens (primary N) is 1. The van der Waals surface area contributed by atoms with E-state index < -0.39 is 79.3 Å². The molecule has 1 amide bonds. The molecule has 4 nitrogen and oxygen atoms in total. The van der Waals surface area contributed by atoms with Gasteiger partial charge in [-0.25, -0.2) is 12.8 Å². The van der Waals surface area contributed by atoms with Crippen LogP contribution in [0.3, 0.4) is 0 Å². The number of rotatable bonds is 7. The van der Waals surface area contributed by atoms with Gasteiger partial charge in [0.25, 0.3) is 0 Å². The number of benzene rings is 2. The zero-order chi connectivity index (χ0) is 28.7. The number of allylic oxidation sites excluding steroid dienone is 1. The quantitative estimate of drug-likeness (QED) is 0.258. The summed E-state index contributed by atoms with van der Waals surface area (Å²) in [7, 11) is -3.96. The second-order valence-electron chi connectivity index (χ2n) is 8.14. The van der Waals surface area contributed by atoms with E-state index in [9.17, 15) is 39.6 Å². The smallest absolute Gasteiger partial charge is 0.366 e. The molecular formula is C22H17Cl3F7NO3S. The summed E-state index contributed by atoms with van der Waals surface area (Å²) in [5, 5.41) is -1.05. The number of halogens is 10. The van der Waals surface area contributed by atoms with E-state index in [-0.39, 0.29) is 21.1 Å². The molecule has 0 saturated carbocycles. The summed E-state index contributed by atoms with van der Waals surface area (Å²) in [5.41, 5.74) is -0.542. The average Bonchev–Trinajstić information content (AvgIpc) is 2.71. The van der Waals surface area contributed by atoms with Crippen LogP contribution in [-0.2, 0) is 16.0 Å². The molecule has 0 fully saturated rings. The van der Waals surface area contributed by atoms with Gasteiger partial charge < -0.3 is 5.73 Å². The number of hydrogen-bond acceptors (Lipinski definition) is 3. The van der Waals surface area contributed by atoms with Gasteiger partial charge in [0.15, 0.2) is 0 Å². The monoisotopic (exact) mass is 613 g/mol. The highest BCUT2D eigenvalue weighted by molar-refractivity contribution is 7.90. The Hall–Kier alpha value is -2.02. The second-order valence-corrected chi connectivity index (χ2v) is 11.5. The first kappa shape index (κ1) is 31.2. The highest BCUT2D eigenvalue weighted by Gasteiger charge is 2.43. The molecule has 0 heterocycles. The first-order chi connectivity index (χ1) is 16.6. The predicted octanol–water partition coefficient (Wildman–Crippen LogP) is 7.57. The molecule has 0 aliphatic carbocycles. The molecule has 0 aromatic heterocycles. The zero-order valence-electron chi connectivity index (χ0n) is 18.7. The number of carbonyl (C=O) groups excluding carboxylic acids is 1. The predicted molar refractivity (Wildman–Crippen MR) is 127 cm³/mol. The molecule has 0 radical (unpaired) electrons. The van der Waals surface area contributed by atoms with Crippen LogP contribution in [0.4, 0.5) is 30.7 Å². The number of sulfone groups is 1. The number of hydrogen-bond donors (Lipinski definition) is 1. The molecule has 204 valence electrons. The van der Waals surface area contributed by atoms with Gasteiger partial charge in [-0.1, -0.05) is 47.8 Å². The summed E-state index contributed by atoms with van der Waals surface area (Å²) in [6, 6.07) is 2.66. The van der Waals surface area contributed by atoms with E-state index in [0.717, 1.165) is 19.1 Å². The molecule has 37 heavy (non-hydrogen) atoms. The molecule has 0 spiro atoms. The fraction of sp³-hybridized carbons (Fsp3) is 0.318. The van der Waals surface area contributed by atoms with Gasteiger partial charge in [0.1, 0.15) is 21.6 Å². The largest absolute Gasteiger partial charge is 0.417 e. The lowest BCUT2D eigenvalue weighted by Crippen LogP contribution is -2.24. The van der Waals surface area contributed by atoms with Crippen molar-refractivity contribution in [3.8, 4) is 0 Å². The standard InChI is InChI=1S/C22H17Cl3F7NO3S/c1-9(8-37(2,35)36)17-11(3-4-12(20(33)34)18(17)22(30,31)32)16(26)7-13(21(27,28)29)10-5-14(23)19(25)15(24)6-10/h3-7,9,13H,8H2,1-2H3,(H2,33,34)/b16-7-/t9-,13?/m0/s1. The first-order valence-electron chi connectivity index (χ1n) is 9.95. The third-order valence-electron chi connectivity index (χ3n) is 5.13. The molecule has 0 bridgehead atoms. The average molecular weight is 615 g/mol. The normalized spacial score (nSPS) is 15.0. The number of alkyl halides is 6. The van der Waals surface area contributed by atoms with Crippen LogP contribution in [0.15, 0.2) is 30.3 Å². The number of amides is 1. The summed E-state index contributed by atoms with van der Waals surface area (Å²) >= 11 is 17.3. The van der Waals surface area contributed by atoms with Crippen LogP contribution in [0.5, 0.6) is 0 Å². The van der Waals surface area contributed by atoms with Crippen molar-refractivity contribution in [2.24, 2.45) is 5.73 Å². The Kier molecular flexibility index (Phi) is 9.27. The van der Waals surface area contributed by atoms with Gasteiger partial charge in [0.05, 0.1) is 31.9 Å². The molecule has 15 heteroatoms. The minimum Gasteiger partial charge on any atom is -0.366 e. The molecule has 1 unspecified atom stereocenters. The van der Waals surface area contributed by atoms with Gasteiger partial charge >= 0.3 is 12.4 Å². The molecular weight excluding hydrogens is 598 g/mol. The van der Waals surface area contributed by atoms with E-state index in [4.69, 9.17) is 40.5 Å². The van der Waals surface area contributed by atoms with E-state index in [1.54, 1.807) is 0 Å². The lowest BCUT2D eigenvalue weighted by Gasteiger charge is -2.24. The van der Waals surface area contributed by atoms with Crippen molar-refractivity contribution in [2.75, 3.05) is 12.0 Å². The van der Waals surface area contributed by atoms with Crippen molar-refractivity contribution in [1.29, 1.82) is 0 Å². The van der Waals surface area contributed by atoms with Gasteiger partial charge in [0, 0.05) is 11.8 Å². The van der Waals surface area contributed by atoms with Crippen LogP contribution in [0.25, 0.3) is 5.83 Å². The maximum Gasteiger partial charge on any atom is 0.417 e. The lowest BCUT2D eigenvalue weighted by molar-refractivity contribution is -0.140. The minimum absolute atomic E-state index is 0.00795. The molecule has 2 aromatic carbocycles. The van der Waals surface area contributed by atoms with Crippen molar-refractivity contribution in [3.05, 3.63) is 73.2 Å². The van der Waals surface area contributed by atoms with Gasteiger partial charge in [-0.05, 0) is 41.3 Å².